The van der Waals surface area contributed by atoms with Crippen molar-refractivity contribution in [3.8, 4) is 0 Å². The molecule has 0 N–H and O–H groups in total. The fraction of sp³-hybridized carbons (Fsp3) is 0.500. The van der Waals surface area contributed by atoms with E-state index in [2.05, 4.69) is 4.74 Å². The summed E-state index contributed by atoms with van der Waals surface area (Å²) in [5, 5.41) is 0. The Morgan fingerprint density at radius 2 is 2.08 bits per heavy atom. The number of allylic oxidation sites excluding steroid dienone is 3. The maximum atomic E-state index is 11.0. The van der Waals surface area contributed by atoms with Gasteiger partial charge in [-0.3, -0.25) is 0 Å². The van der Waals surface area contributed by atoms with Crippen molar-refractivity contribution < 1.29 is 9.53 Å². The van der Waals surface area contributed by atoms with E-state index < -0.39 is 0 Å². The van der Waals surface area contributed by atoms with Crippen molar-refractivity contribution in [3.63, 3.8) is 0 Å². The first-order valence-electron chi connectivity index (χ1n) is 4.11. The molecule has 0 aliphatic carbocycles. The van der Waals surface area contributed by atoms with Gasteiger partial charge in [0.05, 0.1) is 7.11 Å². The second-order valence-electron chi connectivity index (χ2n) is 2.41. The predicted molar refractivity (Wildman–Crippen MR) is 49.8 cm³/mol. The number of rotatable bonds is 4. The molecule has 2 heteroatoms. The molecule has 0 spiro atoms. The van der Waals surface area contributed by atoms with E-state index in [-0.39, 0.29) is 5.97 Å². The molecule has 12 heavy (non-hydrogen) atoms. The van der Waals surface area contributed by atoms with Gasteiger partial charge in [-0.15, -0.1) is 0 Å². The summed E-state index contributed by atoms with van der Waals surface area (Å²) in [6, 6.07) is 0. The molecule has 2 nitrogen and oxygen atoms in total. The second-order valence-corrected chi connectivity index (χ2v) is 2.41. The molecule has 0 aromatic carbocycles. The van der Waals surface area contributed by atoms with Gasteiger partial charge in [0.1, 0.15) is 0 Å². The molecular weight excluding hydrogens is 152 g/mol. The number of esters is 1. The summed E-state index contributed by atoms with van der Waals surface area (Å²) in [4.78, 5) is 11.0. The van der Waals surface area contributed by atoms with Gasteiger partial charge < -0.3 is 4.74 Å². The van der Waals surface area contributed by atoms with Crippen LogP contribution in [0.3, 0.4) is 0 Å². The second kappa shape index (κ2) is 6.65. The minimum absolute atomic E-state index is 0.220. The van der Waals surface area contributed by atoms with Gasteiger partial charge in [-0.25, -0.2) is 4.79 Å². The highest BCUT2D eigenvalue weighted by atomic mass is 16.5. The summed E-state index contributed by atoms with van der Waals surface area (Å²) < 4.78 is 4.60. The number of hydrogen-bond donors (Lipinski definition) is 0. The van der Waals surface area contributed by atoms with E-state index in [1.807, 2.05) is 26.0 Å². The molecule has 0 unspecified atom stereocenters. The summed E-state index contributed by atoms with van der Waals surface area (Å²) in [6.07, 6.45) is 7.46. The Hall–Kier alpha value is -1.05. The minimum atomic E-state index is -0.220. The zero-order valence-electron chi connectivity index (χ0n) is 7.96. The fourth-order valence-corrected chi connectivity index (χ4v) is 0.901. The van der Waals surface area contributed by atoms with Crippen LogP contribution in [0.4, 0.5) is 0 Å². The third-order valence-corrected chi connectivity index (χ3v) is 1.61. The van der Waals surface area contributed by atoms with E-state index in [0.29, 0.717) is 0 Å². The monoisotopic (exact) mass is 168 g/mol. The van der Waals surface area contributed by atoms with Crippen LogP contribution in [0.1, 0.15) is 26.7 Å². The number of carbonyl (C=O) groups excluding carboxylic acids is 1. The summed E-state index contributed by atoms with van der Waals surface area (Å²) in [5.41, 5.74) is 0.746. The molecule has 0 aliphatic heterocycles. The van der Waals surface area contributed by atoms with Gasteiger partial charge in [-0.05, 0) is 26.7 Å². The van der Waals surface area contributed by atoms with Gasteiger partial charge in [0.15, 0.2) is 0 Å². The average molecular weight is 168 g/mol. The quantitative estimate of drug-likeness (QED) is 0.366. The van der Waals surface area contributed by atoms with E-state index in [4.69, 9.17) is 0 Å². The van der Waals surface area contributed by atoms with E-state index in [0.717, 1.165) is 18.4 Å². The van der Waals surface area contributed by atoms with Crippen molar-refractivity contribution in [3.05, 3.63) is 23.8 Å². The molecule has 0 bridgehead atoms. The van der Waals surface area contributed by atoms with Crippen molar-refractivity contribution in [2.45, 2.75) is 26.7 Å². The van der Waals surface area contributed by atoms with Crippen LogP contribution in [0, 0.1) is 0 Å². The van der Waals surface area contributed by atoms with Crippen molar-refractivity contribution in [2.24, 2.45) is 0 Å². The lowest BCUT2D eigenvalue weighted by Crippen LogP contribution is -2.03. The predicted octanol–water partition coefficient (Wildman–Crippen LogP) is 2.46. The lowest BCUT2D eigenvalue weighted by atomic mass is 10.1. The fourth-order valence-electron chi connectivity index (χ4n) is 0.901. The molecule has 0 aromatic heterocycles. The van der Waals surface area contributed by atoms with Crippen molar-refractivity contribution in [1.29, 1.82) is 0 Å². The van der Waals surface area contributed by atoms with E-state index in [1.54, 1.807) is 6.08 Å². The van der Waals surface area contributed by atoms with Crippen molar-refractivity contribution in [2.75, 3.05) is 7.11 Å². The lowest BCUT2D eigenvalue weighted by Gasteiger charge is -2.01. The van der Waals surface area contributed by atoms with Crippen LogP contribution < -0.4 is 0 Å². The topological polar surface area (TPSA) is 26.3 Å². The average Bonchev–Trinajstić information content (AvgIpc) is 2.11. The van der Waals surface area contributed by atoms with Crippen LogP contribution in [0.5, 0.6) is 0 Å². The zero-order valence-corrected chi connectivity index (χ0v) is 7.96. The molecule has 0 atom stereocenters. The first kappa shape index (κ1) is 11.0. The Bertz CT molecular complexity index is 190. The number of methoxy groups -OCH3 is 1. The first-order valence-corrected chi connectivity index (χ1v) is 4.11. The molecule has 0 fully saturated rings. The van der Waals surface area contributed by atoms with Gasteiger partial charge in [-0.2, -0.15) is 0 Å². The van der Waals surface area contributed by atoms with Crippen LogP contribution in [0.2, 0.25) is 0 Å². The Morgan fingerprint density at radius 3 is 2.50 bits per heavy atom. The molecular formula is C10H16O2. The summed E-state index contributed by atoms with van der Waals surface area (Å²) in [5.74, 6) is -0.220. The number of carbonyl (C=O) groups is 1. The van der Waals surface area contributed by atoms with Crippen molar-refractivity contribution in [1.82, 2.24) is 0 Å². The standard InChI is InChI=1S/C10H16O2/c1-4-6-7-8-9(5-2)10(11)12-3/h4-6H,7-8H2,1-3H3/b6-4+,9-5+. The van der Waals surface area contributed by atoms with Crippen molar-refractivity contribution >= 4 is 5.97 Å². The maximum Gasteiger partial charge on any atom is 0.333 e. The normalized spacial score (nSPS) is 12.1. The zero-order chi connectivity index (χ0) is 9.40. The van der Waals surface area contributed by atoms with Gasteiger partial charge in [-0.1, -0.05) is 18.2 Å². The molecule has 68 valence electrons. The minimum Gasteiger partial charge on any atom is -0.466 e. The van der Waals surface area contributed by atoms with E-state index in [9.17, 15) is 4.79 Å². The SMILES string of the molecule is C/C=C/CC/C(=C\C)C(=O)OC. The summed E-state index contributed by atoms with van der Waals surface area (Å²) >= 11 is 0. The number of hydrogen-bond acceptors (Lipinski definition) is 2. The Labute approximate surface area is 73.9 Å². The van der Waals surface area contributed by atoms with Crippen LogP contribution in [-0.2, 0) is 9.53 Å². The van der Waals surface area contributed by atoms with E-state index >= 15 is 0 Å². The highest BCUT2D eigenvalue weighted by molar-refractivity contribution is 5.88. The third-order valence-electron chi connectivity index (χ3n) is 1.61. The first-order chi connectivity index (χ1) is 5.76. The summed E-state index contributed by atoms with van der Waals surface area (Å²) in [7, 11) is 1.40. The van der Waals surface area contributed by atoms with Gasteiger partial charge in [0.2, 0.25) is 0 Å². The maximum absolute atomic E-state index is 11.0. The largest absolute Gasteiger partial charge is 0.466 e. The van der Waals surface area contributed by atoms with Gasteiger partial charge in [0, 0.05) is 5.57 Å². The highest BCUT2D eigenvalue weighted by Gasteiger charge is 2.05. The van der Waals surface area contributed by atoms with Crippen LogP contribution >= 0.6 is 0 Å². The van der Waals surface area contributed by atoms with E-state index in [1.165, 1.54) is 7.11 Å². The third kappa shape index (κ3) is 3.96. The van der Waals surface area contributed by atoms with Gasteiger partial charge >= 0.3 is 5.97 Å². The van der Waals surface area contributed by atoms with Crippen LogP contribution in [-0.4, -0.2) is 13.1 Å². The Morgan fingerprint density at radius 1 is 1.42 bits per heavy atom. The molecule has 0 rings (SSSR count). The lowest BCUT2D eigenvalue weighted by molar-refractivity contribution is -0.136. The molecule has 0 amide bonds. The molecule has 0 aromatic rings. The molecule has 0 saturated carbocycles. The molecule has 0 radical (unpaired) electrons. The summed E-state index contributed by atoms with van der Waals surface area (Å²) in [6.45, 7) is 3.81. The van der Waals surface area contributed by atoms with Crippen LogP contribution in [0.15, 0.2) is 23.8 Å². The highest BCUT2D eigenvalue weighted by Crippen LogP contribution is 2.07. The van der Waals surface area contributed by atoms with Crippen LogP contribution in [0.25, 0.3) is 0 Å². The van der Waals surface area contributed by atoms with Gasteiger partial charge in [0.25, 0.3) is 0 Å². The Balaban J connectivity index is 3.93. The molecule has 0 heterocycles. The molecule has 0 saturated heterocycles. The smallest absolute Gasteiger partial charge is 0.333 e. The number of ether oxygens (including phenoxy) is 1. The molecule has 0 aliphatic rings. The Kier molecular flexibility index (Phi) is 6.07.